The molecule has 1 aliphatic rings. The molecule has 2 heterocycles. The molecule has 0 aliphatic carbocycles. The third-order valence-electron chi connectivity index (χ3n) is 4.35. The number of hydrogen-bond donors (Lipinski definition) is 1. The predicted octanol–water partition coefficient (Wildman–Crippen LogP) is 1.11. The molecule has 8 nitrogen and oxygen atoms in total. The fourth-order valence-electron chi connectivity index (χ4n) is 2.85. The van der Waals surface area contributed by atoms with Crippen LogP contribution in [0.15, 0.2) is 54.2 Å². The van der Waals surface area contributed by atoms with Crippen LogP contribution in [-0.2, 0) is 14.8 Å². The average molecular weight is 401 g/mol. The first-order valence-electron chi connectivity index (χ1n) is 9.06. The van der Waals surface area contributed by atoms with Gasteiger partial charge in [-0.3, -0.25) is 4.79 Å². The van der Waals surface area contributed by atoms with Crippen molar-refractivity contribution in [1.29, 1.82) is 0 Å². The minimum absolute atomic E-state index is 0.0663. The number of nitrogens with zero attached hydrogens (tertiary/aromatic N) is 4. The van der Waals surface area contributed by atoms with Crippen LogP contribution >= 0.6 is 0 Å². The Morgan fingerprint density at radius 1 is 1.04 bits per heavy atom. The molecule has 1 aromatic carbocycles. The van der Waals surface area contributed by atoms with Gasteiger partial charge in [-0.15, -0.1) is 0 Å². The van der Waals surface area contributed by atoms with Crippen molar-refractivity contribution in [3.63, 3.8) is 0 Å². The number of carbonyl (C=O) groups is 1. The van der Waals surface area contributed by atoms with E-state index in [0.717, 1.165) is 11.0 Å². The van der Waals surface area contributed by atoms with Gasteiger partial charge in [-0.1, -0.05) is 30.3 Å². The molecule has 0 unspecified atom stereocenters. The second-order valence-corrected chi connectivity index (χ2v) is 7.97. The molecule has 1 saturated heterocycles. The number of piperazine rings is 1. The third kappa shape index (κ3) is 5.86. The van der Waals surface area contributed by atoms with Crippen molar-refractivity contribution in [2.75, 3.05) is 37.6 Å². The van der Waals surface area contributed by atoms with Crippen LogP contribution < -0.4 is 9.62 Å². The monoisotopic (exact) mass is 401 g/mol. The summed E-state index contributed by atoms with van der Waals surface area (Å²) in [4.78, 5) is 24.5. The second-order valence-electron chi connectivity index (χ2n) is 6.32. The Hall–Kier alpha value is -2.78. The summed E-state index contributed by atoms with van der Waals surface area (Å²) in [6.45, 7) is 2.51. The Morgan fingerprint density at radius 3 is 2.39 bits per heavy atom. The van der Waals surface area contributed by atoms with Crippen molar-refractivity contribution < 1.29 is 13.2 Å². The number of nitrogens with one attached hydrogen (secondary N) is 1. The van der Waals surface area contributed by atoms with E-state index in [9.17, 15) is 13.2 Å². The summed E-state index contributed by atoms with van der Waals surface area (Å²) in [5.74, 6) is 0.593. The zero-order chi connectivity index (χ0) is 19.8. The molecule has 0 radical (unpaired) electrons. The maximum absolute atomic E-state index is 12.3. The zero-order valence-electron chi connectivity index (χ0n) is 15.4. The molecule has 0 spiro atoms. The van der Waals surface area contributed by atoms with Crippen LogP contribution in [0.3, 0.4) is 0 Å². The molecule has 2 aromatic rings. The lowest BCUT2D eigenvalue weighted by Gasteiger charge is -2.34. The highest BCUT2D eigenvalue weighted by Gasteiger charge is 2.22. The van der Waals surface area contributed by atoms with E-state index in [0.29, 0.717) is 32.1 Å². The number of amides is 1. The van der Waals surface area contributed by atoms with Crippen LogP contribution in [0.4, 0.5) is 5.95 Å². The second kappa shape index (κ2) is 9.43. The van der Waals surface area contributed by atoms with Crippen molar-refractivity contribution in [3.8, 4) is 0 Å². The molecule has 0 bridgehead atoms. The minimum atomic E-state index is -3.58. The number of anilines is 1. The van der Waals surface area contributed by atoms with Gasteiger partial charge in [0.1, 0.15) is 0 Å². The van der Waals surface area contributed by atoms with Gasteiger partial charge in [0, 0.05) is 56.9 Å². The normalized spacial score (nSPS) is 15.1. The molecule has 1 aliphatic heterocycles. The van der Waals surface area contributed by atoms with Crippen molar-refractivity contribution in [3.05, 3.63) is 59.8 Å². The smallest absolute Gasteiger partial charge is 0.233 e. The van der Waals surface area contributed by atoms with Gasteiger partial charge in [-0.2, -0.15) is 0 Å². The summed E-state index contributed by atoms with van der Waals surface area (Å²) >= 11 is 0. The molecular formula is C19H23N5O3S. The van der Waals surface area contributed by atoms with Gasteiger partial charge in [0.25, 0.3) is 0 Å². The van der Waals surface area contributed by atoms with E-state index in [1.165, 1.54) is 6.08 Å². The Kier molecular flexibility index (Phi) is 6.72. The van der Waals surface area contributed by atoms with Crippen molar-refractivity contribution in [2.24, 2.45) is 0 Å². The SMILES string of the molecule is O=C(CCNS(=O)(=O)C=Cc1ccccc1)N1CCN(c2ncccn2)CC1. The van der Waals surface area contributed by atoms with E-state index in [1.54, 1.807) is 23.4 Å². The Balaban J connectivity index is 1.41. The quantitative estimate of drug-likeness (QED) is 0.747. The van der Waals surface area contributed by atoms with Crippen LogP contribution in [0.1, 0.15) is 12.0 Å². The first kappa shape index (κ1) is 20.0. The van der Waals surface area contributed by atoms with Gasteiger partial charge in [0.05, 0.1) is 0 Å². The largest absolute Gasteiger partial charge is 0.339 e. The fourth-order valence-corrected chi connectivity index (χ4v) is 3.67. The summed E-state index contributed by atoms with van der Waals surface area (Å²) in [5, 5.41) is 1.12. The standard InChI is InChI=1S/C19H23N5O3S/c25-18(23-12-14-24(15-13-23)19-20-9-4-10-21-19)7-11-22-28(26,27)16-8-17-5-2-1-3-6-17/h1-6,8-10,16,22H,7,11-15H2. The summed E-state index contributed by atoms with van der Waals surface area (Å²) in [6, 6.07) is 10.9. The maximum Gasteiger partial charge on any atom is 0.233 e. The van der Waals surface area contributed by atoms with Gasteiger partial charge in [0.15, 0.2) is 0 Å². The van der Waals surface area contributed by atoms with Crippen LogP contribution in [0.2, 0.25) is 0 Å². The zero-order valence-corrected chi connectivity index (χ0v) is 16.3. The number of hydrogen-bond acceptors (Lipinski definition) is 6. The lowest BCUT2D eigenvalue weighted by Crippen LogP contribution is -2.49. The van der Waals surface area contributed by atoms with Gasteiger partial charge < -0.3 is 9.80 Å². The maximum atomic E-state index is 12.3. The number of sulfonamides is 1. The molecule has 1 aromatic heterocycles. The number of carbonyl (C=O) groups excluding carboxylic acids is 1. The van der Waals surface area contributed by atoms with E-state index < -0.39 is 10.0 Å². The number of rotatable bonds is 7. The molecule has 1 N–H and O–H groups in total. The topological polar surface area (TPSA) is 95.5 Å². The molecule has 9 heteroatoms. The fraction of sp³-hybridized carbons (Fsp3) is 0.316. The average Bonchev–Trinajstić information content (AvgIpc) is 2.74. The minimum Gasteiger partial charge on any atom is -0.339 e. The molecule has 28 heavy (non-hydrogen) atoms. The van der Waals surface area contributed by atoms with Crippen LogP contribution in [-0.4, -0.2) is 61.9 Å². The first-order chi connectivity index (χ1) is 13.5. The highest BCUT2D eigenvalue weighted by Crippen LogP contribution is 2.10. The van der Waals surface area contributed by atoms with Crippen molar-refractivity contribution in [2.45, 2.75) is 6.42 Å². The van der Waals surface area contributed by atoms with E-state index in [-0.39, 0.29) is 18.9 Å². The van der Waals surface area contributed by atoms with Crippen molar-refractivity contribution in [1.82, 2.24) is 19.6 Å². The molecular weight excluding hydrogens is 378 g/mol. The summed E-state index contributed by atoms with van der Waals surface area (Å²) < 4.78 is 26.5. The first-order valence-corrected chi connectivity index (χ1v) is 10.6. The van der Waals surface area contributed by atoms with Crippen molar-refractivity contribution >= 4 is 28.0 Å². The molecule has 0 saturated carbocycles. The molecule has 148 valence electrons. The van der Waals surface area contributed by atoms with E-state index in [4.69, 9.17) is 0 Å². The summed E-state index contributed by atoms with van der Waals surface area (Å²) in [5.41, 5.74) is 0.796. The summed E-state index contributed by atoms with van der Waals surface area (Å²) in [6.07, 6.45) is 5.03. The third-order valence-corrected chi connectivity index (χ3v) is 5.45. The molecule has 3 rings (SSSR count). The number of aromatic nitrogens is 2. The lowest BCUT2D eigenvalue weighted by molar-refractivity contribution is -0.131. The molecule has 1 amide bonds. The van der Waals surface area contributed by atoms with Crippen LogP contribution in [0, 0.1) is 0 Å². The highest BCUT2D eigenvalue weighted by atomic mass is 32.2. The Morgan fingerprint density at radius 2 is 1.71 bits per heavy atom. The molecule has 1 fully saturated rings. The Labute approximate surface area is 165 Å². The van der Waals surface area contributed by atoms with E-state index in [1.807, 2.05) is 35.2 Å². The number of benzene rings is 1. The van der Waals surface area contributed by atoms with E-state index in [2.05, 4.69) is 14.7 Å². The molecule has 0 atom stereocenters. The van der Waals surface area contributed by atoms with Crippen LogP contribution in [0.25, 0.3) is 6.08 Å². The van der Waals surface area contributed by atoms with Gasteiger partial charge in [0.2, 0.25) is 21.9 Å². The van der Waals surface area contributed by atoms with Gasteiger partial charge in [-0.05, 0) is 17.7 Å². The van der Waals surface area contributed by atoms with Crippen LogP contribution in [0.5, 0.6) is 0 Å². The predicted molar refractivity (Wildman–Crippen MR) is 108 cm³/mol. The van der Waals surface area contributed by atoms with E-state index >= 15 is 0 Å². The lowest BCUT2D eigenvalue weighted by atomic mass is 10.2. The van der Waals surface area contributed by atoms with Gasteiger partial charge >= 0.3 is 0 Å². The Bertz CT molecular complexity index is 896. The summed E-state index contributed by atoms with van der Waals surface area (Å²) in [7, 11) is -3.58. The highest BCUT2D eigenvalue weighted by molar-refractivity contribution is 7.92. The van der Waals surface area contributed by atoms with Gasteiger partial charge in [-0.25, -0.2) is 23.1 Å².